The second kappa shape index (κ2) is 5.30. The predicted octanol–water partition coefficient (Wildman–Crippen LogP) is 2.03. The van der Waals surface area contributed by atoms with Crippen molar-refractivity contribution in [3.05, 3.63) is 28.6 Å². The molecule has 0 spiro atoms. The maximum Gasteiger partial charge on any atom is 0.329 e. The maximum atomic E-state index is 10.8. The van der Waals surface area contributed by atoms with Crippen molar-refractivity contribution in [3.8, 4) is 5.75 Å². The normalized spacial score (nSPS) is 18.3. The Balaban J connectivity index is 2.03. The standard InChI is InChI=1S/C12H17N3O3/c13-12(5-2-1-3-6-12)9-18-11-4-7-14-8-10(11)15(16)17/h4,7-8H,1-3,5-6,9,13H2. The van der Waals surface area contributed by atoms with Crippen LogP contribution in [0.2, 0.25) is 0 Å². The summed E-state index contributed by atoms with van der Waals surface area (Å²) >= 11 is 0. The molecule has 0 bridgehead atoms. The molecule has 98 valence electrons. The summed E-state index contributed by atoms with van der Waals surface area (Å²) in [7, 11) is 0. The summed E-state index contributed by atoms with van der Waals surface area (Å²) in [5.74, 6) is 0.241. The average molecular weight is 251 g/mol. The zero-order valence-corrected chi connectivity index (χ0v) is 10.2. The lowest BCUT2D eigenvalue weighted by Gasteiger charge is -2.32. The first-order valence-electron chi connectivity index (χ1n) is 6.11. The van der Waals surface area contributed by atoms with Gasteiger partial charge in [-0.2, -0.15) is 0 Å². The highest BCUT2D eigenvalue weighted by molar-refractivity contribution is 5.43. The monoisotopic (exact) mass is 251 g/mol. The first-order valence-corrected chi connectivity index (χ1v) is 6.11. The first-order chi connectivity index (χ1) is 8.61. The third kappa shape index (κ3) is 2.95. The molecule has 1 heterocycles. The molecule has 0 radical (unpaired) electrons. The summed E-state index contributed by atoms with van der Waals surface area (Å²) in [6.45, 7) is 0.317. The second-order valence-electron chi connectivity index (χ2n) is 4.81. The fourth-order valence-corrected chi connectivity index (χ4v) is 2.25. The zero-order valence-electron chi connectivity index (χ0n) is 10.2. The van der Waals surface area contributed by atoms with Crippen LogP contribution in [0.5, 0.6) is 5.75 Å². The molecule has 1 saturated carbocycles. The average Bonchev–Trinajstić information content (AvgIpc) is 2.38. The molecule has 0 saturated heterocycles. The molecule has 18 heavy (non-hydrogen) atoms. The van der Waals surface area contributed by atoms with E-state index in [1.165, 1.54) is 24.9 Å². The van der Waals surface area contributed by atoms with Gasteiger partial charge in [0.05, 0.1) is 10.5 Å². The van der Waals surface area contributed by atoms with Gasteiger partial charge in [-0.05, 0) is 12.8 Å². The molecule has 2 N–H and O–H groups in total. The number of pyridine rings is 1. The Kier molecular flexibility index (Phi) is 3.76. The van der Waals surface area contributed by atoms with Crippen LogP contribution in [-0.4, -0.2) is 22.1 Å². The van der Waals surface area contributed by atoms with E-state index in [9.17, 15) is 10.1 Å². The SMILES string of the molecule is NC1(COc2ccncc2[N+](=O)[O-])CCCCC1. The van der Waals surface area contributed by atoms with Gasteiger partial charge in [-0.15, -0.1) is 0 Å². The van der Waals surface area contributed by atoms with Gasteiger partial charge < -0.3 is 10.5 Å². The van der Waals surface area contributed by atoms with Crippen LogP contribution in [-0.2, 0) is 0 Å². The van der Waals surface area contributed by atoms with Crippen LogP contribution < -0.4 is 10.5 Å². The van der Waals surface area contributed by atoms with E-state index < -0.39 is 4.92 Å². The van der Waals surface area contributed by atoms with Crippen LogP contribution in [0.4, 0.5) is 5.69 Å². The van der Waals surface area contributed by atoms with E-state index in [2.05, 4.69) is 4.98 Å². The van der Waals surface area contributed by atoms with Crippen LogP contribution in [0.25, 0.3) is 0 Å². The molecular formula is C12H17N3O3. The van der Waals surface area contributed by atoms with Gasteiger partial charge in [-0.1, -0.05) is 19.3 Å². The van der Waals surface area contributed by atoms with Gasteiger partial charge in [0, 0.05) is 12.3 Å². The number of hydrogen-bond acceptors (Lipinski definition) is 5. The lowest BCUT2D eigenvalue weighted by atomic mass is 9.83. The molecule has 1 aliphatic rings. The van der Waals surface area contributed by atoms with Crippen molar-refractivity contribution in [3.63, 3.8) is 0 Å². The lowest BCUT2D eigenvalue weighted by Crippen LogP contribution is -2.47. The van der Waals surface area contributed by atoms with Crippen molar-refractivity contribution >= 4 is 5.69 Å². The third-order valence-corrected chi connectivity index (χ3v) is 3.32. The Morgan fingerprint density at radius 1 is 1.44 bits per heavy atom. The molecule has 2 rings (SSSR count). The van der Waals surface area contributed by atoms with Crippen LogP contribution in [0.1, 0.15) is 32.1 Å². The van der Waals surface area contributed by atoms with Crippen molar-refractivity contribution in [1.29, 1.82) is 0 Å². The Morgan fingerprint density at radius 3 is 2.83 bits per heavy atom. The number of hydrogen-bond donors (Lipinski definition) is 1. The summed E-state index contributed by atoms with van der Waals surface area (Å²) in [5.41, 5.74) is 5.76. The van der Waals surface area contributed by atoms with E-state index in [0.29, 0.717) is 6.61 Å². The molecular weight excluding hydrogens is 234 g/mol. The van der Waals surface area contributed by atoms with Crippen molar-refractivity contribution in [1.82, 2.24) is 4.98 Å². The largest absolute Gasteiger partial charge is 0.485 e. The molecule has 6 heteroatoms. The number of ether oxygens (including phenoxy) is 1. The van der Waals surface area contributed by atoms with Gasteiger partial charge in [0.2, 0.25) is 0 Å². The van der Waals surface area contributed by atoms with E-state index in [0.717, 1.165) is 25.7 Å². The van der Waals surface area contributed by atoms with Gasteiger partial charge in [-0.3, -0.25) is 15.1 Å². The van der Waals surface area contributed by atoms with E-state index in [4.69, 9.17) is 10.5 Å². The highest BCUT2D eigenvalue weighted by atomic mass is 16.6. The molecule has 0 atom stereocenters. The number of nitrogens with two attached hydrogens (primary N) is 1. The van der Waals surface area contributed by atoms with Gasteiger partial charge in [0.15, 0.2) is 5.75 Å². The summed E-state index contributed by atoms with van der Waals surface area (Å²) in [4.78, 5) is 14.0. The molecule has 6 nitrogen and oxygen atoms in total. The van der Waals surface area contributed by atoms with E-state index in [-0.39, 0.29) is 17.0 Å². The molecule has 0 unspecified atom stereocenters. The van der Waals surface area contributed by atoms with Crippen molar-refractivity contribution in [2.24, 2.45) is 5.73 Å². The molecule has 1 aromatic rings. The number of rotatable bonds is 4. The minimum Gasteiger partial charge on any atom is -0.485 e. The molecule has 0 amide bonds. The van der Waals surface area contributed by atoms with Crippen LogP contribution >= 0.6 is 0 Å². The predicted molar refractivity (Wildman–Crippen MR) is 66.4 cm³/mol. The first kappa shape index (κ1) is 12.8. The minimum absolute atomic E-state index is 0.114. The Morgan fingerprint density at radius 2 is 2.17 bits per heavy atom. The fourth-order valence-electron chi connectivity index (χ4n) is 2.25. The Labute approximate surface area is 105 Å². The van der Waals surface area contributed by atoms with Gasteiger partial charge in [0.25, 0.3) is 0 Å². The third-order valence-electron chi connectivity index (χ3n) is 3.32. The van der Waals surface area contributed by atoms with Crippen LogP contribution in [0.3, 0.4) is 0 Å². The van der Waals surface area contributed by atoms with Crippen molar-refractivity contribution < 1.29 is 9.66 Å². The Bertz CT molecular complexity index is 430. The van der Waals surface area contributed by atoms with Gasteiger partial charge in [-0.25, -0.2) is 0 Å². The smallest absolute Gasteiger partial charge is 0.329 e. The summed E-state index contributed by atoms with van der Waals surface area (Å²) in [6, 6.07) is 1.50. The van der Waals surface area contributed by atoms with Crippen LogP contribution in [0.15, 0.2) is 18.5 Å². The number of aromatic nitrogens is 1. The fraction of sp³-hybridized carbons (Fsp3) is 0.583. The lowest BCUT2D eigenvalue weighted by molar-refractivity contribution is -0.386. The highest BCUT2D eigenvalue weighted by Gasteiger charge is 2.29. The van der Waals surface area contributed by atoms with E-state index in [1.54, 1.807) is 0 Å². The van der Waals surface area contributed by atoms with E-state index >= 15 is 0 Å². The topological polar surface area (TPSA) is 91.3 Å². The molecule has 0 aromatic carbocycles. The Hall–Kier alpha value is -1.69. The molecule has 1 aliphatic carbocycles. The summed E-state index contributed by atoms with van der Waals surface area (Å²) in [6.07, 6.45) is 7.88. The summed E-state index contributed by atoms with van der Waals surface area (Å²) < 4.78 is 5.53. The van der Waals surface area contributed by atoms with E-state index in [1.807, 2.05) is 0 Å². The molecule has 0 aliphatic heterocycles. The highest BCUT2D eigenvalue weighted by Crippen LogP contribution is 2.29. The van der Waals surface area contributed by atoms with Crippen molar-refractivity contribution in [2.45, 2.75) is 37.6 Å². The molecule has 1 aromatic heterocycles. The maximum absolute atomic E-state index is 10.8. The van der Waals surface area contributed by atoms with Crippen molar-refractivity contribution in [2.75, 3.05) is 6.61 Å². The number of nitro groups is 1. The quantitative estimate of drug-likeness (QED) is 0.653. The van der Waals surface area contributed by atoms with Gasteiger partial charge >= 0.3 is 5.69 Å². The summed E-state index contributed by atoms with van der Waals surface area (Å²) in [5, 5.41) is 10.8. The van der Waals surface area contributed by atoms with Gasteiger partial charge in [0.1, 0.15) is 12.8 Å². The number of nitrogens with zero attached hydrogens (tertiary/aromatic N) is 2. The molecule has 1 fully saturated rings. The zero-order chi connectivity index (χ0) is 13.0. The second-order valence-corrected chi connectivity index (χ2v) is 4.81. The minimum atomic E-state index is -0.494. The van der Waals surface area contributed by atoms with Crippen LogP contribution in [0, 0.1) is 10.1 Å².